The van der Waals surface area contributed by atoms with Crippen molar-refractivity contribution in [3.63, 3.8) is 0 Å². The first-order valence-electron chi connectivity index (χ1n) is 6.90. The van der Waals surface area contributed by atoms with E-state index in [1.807, 2.05) is 12.1 Å². The molecule has 1 aliphatic carbocycles. The van der Waals surface area contributed by atoms with Crippen molar-refractivity contribution in [3.8, 4) is 0 Å². The molecule has 0 spiro atoms. The van der Waals surface area contributed by atoms with E-state index in [-0.39, 0.29) is 5.91 Å². The minimum atomic E-state index is 0.0796. The molecule has 1 aliphatic rings. The molecule has 0 heterocycles. The lowest BCUT2D eigenvalue weighted by atomic mass is 9.77. The molecular formula is C15H21ClN2O. The number of benzene rings is 1. The van der Waals surface area contributed by atoms with Crippen molar-refractivity contribution < 1.29 is 4.79 Å². The summed E-state index contributed by atoms with van der Waals surface area (Å²) in [6.45, 7) is 0.712. The number of halogens is 1. The van der Waals surface area contributed by atoms with Gasteiger partial charge in [-0.3, -0.25) is 4.79 Å². The molecule has 0 aliphatic heterocycles. The fourth-order valence-corrected chi connectivity index (χ4v) is 2.59. The molecule has 3 nitrogen and oxygen atoms in total. The second kappa shape index (κ2) is 6.92. The highest BCUT2D eigenvalue weighted by atomic mass is 35.5. The molecule has 1 aromatic carbocycles. The van der Waals surface area contributed by atoms with Gasteiger partial charge in [0.15, 0.2) is 0 Å². The summed E-state index contributed by atoms with van der Waals surface area (Å²) >= 11 is 5.94. The van der Waals surface area contributed by atoms with Crippen molar-refractivity contribution in [1.82, 2.24) is 10.6 Å². The summed E-state index contributed by atoms with van der Waals surface area (Å²) in [7, 11) is 1.67. The number of amides is 1. The Labute approximate surface area is 119 Å². The molecule has 4 heteroatoms. The Bertz CT molecular complexity index is 415. The van der Waals surface area contributed by atoms with Crippen LogP contribution < -0.4 is 10.6 Å². The quantitative estimate of drug-likeness (QED) is 0.841. The summed E-state index contributed by atoms with van der Waals surface area (Å²) in [4.78, 5) is 11.3. The summed E-state index contributed by atoms with van der Waals surface area (Å²) < 4.78 is 0. The zero-order valence-electron chi connectivity index (χ0n) is 11.3. The standard InChI is InChI=1S/C15H21ClN2O/c1-17-14(19)9-10-18-15(11-3-2-4-11)12-5-7-13(16)8-6-12/h5-8,11,15,18H,2-4,9-10H2,1H3,(H,17,19)/t15-/m0/s1. The Hall–Kier alpha value is -1.06. The fraction of sp³-hybridized carbons (Fsp3) is 0.533. The third-order valence-electron chi connectivity index (χ3n) is 3.85. The molecule has 2 rings (SSSR count). The molecule has 1 saturated carbocycles. The van der Waals surface area contributed by atoms with Crippen molar-refractivity contribution in [1.29, 1.82) is 0 Å². The van der Waals surface area contributed by atoms with Gasteiger partial charge in [-0.1, -0.05) is 30.2 Å². The molecule has 0 unspecified atom stereocenters. The van der Waals surface area contributed by atoms with E-state index < -0.39 is 0 Å². The van der Waals surface area contributed by atoms with Gasteiger partial charge in [0.25, 0.3) is 0 Å². The van der Waals surface area contributed by atoms with E-state index >= 15 is 0 Å². The number of carbonyl (C=O) groups is 1. The minimum absolute atomic E-state index is 0.0796. The molecule has 1 atom stereocenters. The van der Waals surface area contributed by atoms with E-state index in [0.29, 0.717) is 24.9 Å². The Morgan fingerprint density at radius 2 is 2.05 bits per heavy atom. The first-order chi connectivity index (χ1) is 9.20. The molecule has 0 radical (unpaired) electrons. The topological polar surface area (TPSA) is 41.1 Å². The van der Waals surface area contributed by atoms with Gasteiger partial charge >= 0.3 is 0 Å². The van der Waals surface area contributed by atoms with Gasteiger partial charge in [0.1, 0.15) is 0 Å². The van der Waals surface area contributed by atoms with E-state index in [4.69, 9.17) is 11.6 Å². The first-order valence-corrected chi connectivity index (χ1v) is 7.28. The summed E-state index contributed by atoms with van der Waals surface area (Å²) in [5.74, 6) is 0.766. The largest absolute Gasteiger partial charge is 0.359 e. The van der Waals surface area contributed by atoms with Crippen LogP contribution >= 0.6 is 11.6 Å². The van der Waals surface area contributed by atoms with E-state index in [2.05, 4.69) is 22.8 Å². The van der Waals surface area contributed by atoms with E-state index in [9.17, 15) is 4.79 Å². The second-order valence-electron chi connectivity index (χ2n) is 5.10. The molecule has 104 valence electrons. The lowest BCUT2D eigenvalue weighted by Crippen LogP contribution is -2.34. The average Bonchev–Trinajstić information content (AvgIpc) is 2.36. The summed E-state index contributed by atoms with van der Waals surface area (Å²) in [5.41, 5.74) is 1.27. The minimum Gasteiger partial charge on any atom is -0.359 e. The Balaban J connectivity index is 1.95. The van der Waals surface area contributed by atoms with Gasteiger partial charge < -0.3 is 10.6 Å². The number of rotatable bonds is 6. The van der Waals surface area contributed by atoms with Crippen molar-refractivity contribution in [2.45, 2.75) is 31.7 Å². The maximum Gasteiger partial charge on any atom is 0.221 e. The second-order valence-corrected chi connectivity index (χ2v) is 5.53. The third-order valence-corrected chi connectivity index (χ3v) is 4.10. The number of hydrogen-bond donors (Lipinski definition) is 2. The smallest absolute Gasteiger partial charge is 0.221 e. The summed E-state index contributed by atoms with van der Waals surface area (Å²) in [6.07, 6.45) is 4.36. The van der Waals surface area contributed by atoms with E-state index in [1.165, 1.54) is 24.8 Å². The van der Waals surface area contributed by atoms with Crippen LogP contribution in [0.1, 0.15) is 37.3 Å². The molecule has 1 aromatic rings. The zero-order valence-corrected chi connectivity index (χ0v) is 12.0. The Kier molecular flexibility index (Phi) is 5.23. The Morgan fingerprint density at radius 1 is 1.37 bits per heavy atom. The predicted octanol–water partition coefficient (Wildman–Crippen LogP) is 2.91. The van der Waals surface area contributed by atoms with Gasteiger partial charge in [-0.15, -0.1) is 0 Å². The average molecular weight is 281 g/mol. The normalized spacial score (nSPS) is 16.7. The maximum absolute atomic E-state index is 11.3. The van der Waals surface area contributed by atoms with Crippen LogP contribution in [0.2, 0.25) is 5.02 Å². The maximum atomic E-state index is 11.3. The highest BCUT2D eigenvalue weighted by molar-refractivity contribution is 6.30. The van der Waals surface area contributed by atoms with Crippen molar-refractivity contribution in [3.05, 3.63) is 34.9 Å². The molecule has 1 amide bonds. The van der Waals surface area contributed by atoms with Gasteiger partial charge in [0, 0.05) is 31.1 Å². The third kappa shape index (κ3) is 3.95. The fourth-order valence-electron chi connectivity index (χ4n) is 2.47. The molecule has 2 N–H and O–H groups in total. The lowest BCUT2D eigenvalue weighted by Gasteiger charge is -2.35. The SMILES string of the molecule is CNC(=O)CCN[C@H](c1ccc(Cl)cc1)C1CCC1. The van der Waals surface area contributed by atoms with E-state index in [0.717, 1.165) is 5.02 Å². The van der Waals surface area contributed by atoms with Crippen LogP contribution in [0.5, 0.6) is 0 Å². The van der Waals surface area contributed by atoms with Crippen LogP contribution in [0, 0.1) is 5.92 Å². The highest BCUT2D eigenvalue weighted by Crippen LogP contribution is 2.37. The van der Waals surface area contributed by atoms with Crippen LogP contribution in [-0.4, -0.2) is 19.5 Å². The van der Waals surface area contributed by atoms with Gasteiger partial charge in [-0.2, -0.15) is 0 Å². The number of nitrogens with one attached hydrogen (secondary N) is 2. The van der Waals surface area contributed by atoms with E-state index in [1.54, 1.807) is 7.05 Å². The van der Waals surface area contributed by atoms with Gasteiger partial charge in [0.05, 0.1) is 0 Å². The van der Waals surface area contributed by atoms with Gasteiger partial charge in [-0.05, 0) is 36.5 Å². The van der Waals surface area contributed by atoms with Crippen molar-refractivity contribution >= 4 is 17.5 Å². The lowest BCUT2D eigenvalue weighted by molar-refractivity contribution is -0.120. The molecule has 0 bridgehead atoms. The molecule has 0 saturated heterocycles. The Morgan fingerprint density at radius 3 is 2.58 bits per heavy atom. The monoisotopic (exact) mass is 280 g/mol. The number of carbonyl (C=O) groups excluding carboxylic acids is 1. The molecule has 1 fully saturated rings. The summed E-state index contributed by atoms with van der Waals surface area (Å²) in [5, 5.41) is 6.93. The molecule has 0 aromatic heterocycles. The van der Waals surface area contributed by atoms with Crippen LogP contribution in [0.3, 0.4) is 0 Å². The zero-order chi connectivity index (χ0) is 13.7. The molecular weight excluding hydrogens is 260 g/mol. The summed E-state index contributed by atoms with van der Waals surface area (Å²) in [6, 6.07) is 8.37. The number of hydrogen-bond acceptors (Lipinski definition) is 2. The van der Waals surface area contributed by atoms with Crippen LogP contribution in [0.4, 0.5) is 0 Å². The van der Waals surface area contributed by atoms with Crippen LogP contribution in [0.15, 0.2) is 24.3 Å². The predicted molar refractivity (Wildman–Crippen MR) is 78.2 cm³/mol. The van der Waals surface area contributed by atoms with Gasteiger partial charge in [0.2, 0.25) is 5.91 Å². The highest BCUT2D eigenvalue weighted by Gasteiger charge is 2.28. The van der Waals surface area contributed by atoms with Crippen LogP contribution in [0.25, 0.3) is 0 Å². The van der Waals surface area contributed by atoms with Crippen molar-refractivity contribution in [2.24, 2.45) is 5.92 Å². The first kappa shape index (κ1) is 14.4. The molecule has 19 heavy (non-hydrogen) atoms. The van der Waals surface area contributed by atoms with Crippen molar-refractivity contribution in [2.75, 3.05) is 13.6 Å². The van der Waals surface area contributed by atoms with Gasteiger partial charge in [-0.25, -0.2) is 0 Å². The van der Waals surface area contributed by atoms with Crippen LogP contribution in [-0.2, 0) is 4.79 Å².